The molecule has 10 heteroatoms. The van der Waals surface area contributed by atoms with Crippen molar-refractivity contribution in [3.05, 3.63) is 10.6 Å². The summed E-state index contributed by atoms with van der Waals surface area (Å²) in [5.41, 5.74) is -0.908. The number of ether oxygens (including phenoxy) is 3. The second-order valence-corrected chi connectivity index (χ2v) is 9.98. The molecule has 182 valence electrons. The molecule has 32 heavy (non-hydrogen) atoms. The smallest absolute Gasteiger partial charge is 0.417 e. The fourth-order valence-corrected chi connectivity index (χ4v) is 4.96. The van der Waals surface area contributed by atoms with Crippen molar-refractivity contribution in [2.75, 3.05) is 13.7 Å². The van der Waals surface area contributed by atoms with Crippen LogP contribution in [0.1, 0.15) is 59.8 Å². The SMILES string of the molecule is CO[C@@H](C(=O)N1C(=O)OC(C)(C)[C@H]1C(C)C)[C@H]1O[C@@](O)(CCCCCCO)C(Br)=CC1=O. The Labute approximate surface area is 197 Å². The van der Waals surface area contributed by atoms with Gasteiger partial charge in [0.25, 0.3) is 5.91 Å². The van der Waals surface area contributed by atoms with Gasteiger partial charge in [-0.05, 0) is 54.6 Å². The summed E-state index contributed by atoms with van der Waals surface area (Å²) in [7, 11) is 1.25. The van der Waals surface area contributed by atoms with Crippen molar-refractivity contribution in [1.82, 2.24) is 4.90 Å². The molecular formula is C22H34BrNO8. The number of methoxy groups -OCH3 is 1. The van der Waals surface area contributed by atoms with Crippen LogP contribution >= 0.6 is 15.9 Å². The lowest BCUT2D eigenvalue weighted by Crippen LogP contribution is -2.58. The number of rotatable bonds is 10. The molecule has 0 aromatic rings. The predicted octanol–water partition coefficient (Wildman–Crippen LogP) is 2.66. The minimum absolute atomic E-state index is 0.103. The molecule has 1 fully saturated rings. The van der Waals surface area contributed by atoms with E-state index in [4.69, 9.17) is 19.3 Å². The summed E-state index contributed by atoms with van der Waals surface area (Å²) in [4.78, 5) is 39.7. The summed E-state index contributed by atoms with van der Waals surface area (Å²) in [6, 6.07) is -0.563. The Hall–Kier alpha value is -1.33. The average Bonchev–Trinajstić information content (AvgIpc) is 2.94. The van der Waals surface area contributed by atoms with Crippen LogP contribution in [0, 0.1) is 5.92 Å². The quantitative estimate of drug-likeness (QED) is 0.422. The Bertz CT molecular complexity index is 752. The maximum atomic E-state index is 13.4. The zero-order chi connectivity index (χ0) is 24.3. The van der Waals surface area contributed by atoms with Crippen molar-refractivity contribution in [2.45, 2.75) is 89.4 Å². The average molecular weight is 520 g/mol. The fraction of sp³-hybridized carbons (Fsp3) is 0.773. The predicted molar refractivity (Wildman–Crippen MR) is 119 cm³/mol. The highest BCUT2D eigenvalue weighted by Gasteiger charge is 2.55. The van der Waals surface area contributed by atoms with E-state index in [1.807, 2.05) is 13.8 Å². The minimum atomic E-state index is -1.81. The molecule has 2 N–H and O–H groups in total. The molecule has 0 unspecified atom stereocenters. The van der Waals surface area contributed by atoms with E-state index in [9.17, 15) is 19.5 Å². The number of hydrogen-bond acceptors (Lipinski definition) is 8. The third-order valence-electron chi connectivity index (χ3n) is 5.85. The first kappa shape index (κ1) is 26.9. The van der Waals surface area contributed by atoms with Gasteiger partial charge in [0.2, 0.25) is 0 Å². The summed E-state index contributed by atoms with van der Waals surface area (Å²) in [5.74, 6) is -3.23. The lowest BCUT2D eigenvalue weighted by Gasteiger charge is -2.38. The van der Waals surface area contributed by atoms with Crippen molar-refractivity contribution < 1.29 is 38.8 Å². The van der Waals surface area contributed by atoms with Gasteiger partial charge in [-0.1, -0.05) is 26.7 Å². The molecule has 4 atom stereocenters. The van der Waals surface area contributed by atoms with Crippen LogP contribution in [0.15, 0.2) is 10.6 Å². The van der Waals surface area contributed by atoms with Gasteiger partial charge in [-0.15, -0.1) is 0 Å². The van der Waals surface area contributed by atoms with E-state index in [-0.39, 0.29) is 23.4 Å². The van der Waals surface area contributed by atoms with E-state index in [1.54, 1.807) is 13.8 Å². The van der Waals surface area contributed by atoms with E-state index in [1.165, 1.54) is 13.2 Å². The van der Waals surface area contributed by atoms with Gasteiger partial charge < -0.3 is 24.4 Å². The van der Waals surface area contributed by atoms with Crippen molar-refractivity contribution >= 4 is 33.7 Å². The fourth-order valence-electron chi connectivity index (χ4n) is 4.44. The molecule has 0 saturated carbocycles. The van der Waals surface area contributed by atoms with Crippen LogP contribution < -0.4 is 0 Å². The van der Waals surface area contributed by atoms with Crippen LogP contribution in [0.4, 0.5) is 4.79 Å². The molecule has 2 aliphatic rings. The number of ketones is 1. The van der Waals surface area contributed by atoms with Crippen molar-refractivity contribution in [2.24, 2.45) is 5.92 Å². The first-order valence-electron chi connectivity index (χ1n) is 10.9. The molecule has 2 rings (SSSR count). The Morgan fingerprint density at radius 2 is 1.88 bits per heavy atom. The van der Waals surface area contributed by atoms with E-state index in [2.05, 4.69) is 15.9 Å². The number of halogens is 1. The van der Waals surface area contributed by atoms with Gasteiger partial charge in [0.15, 0.2) is 23.8 Å². The topological polar surface area (TPSA) is 123 Å². The van der Waals surface area contributed by atoms with Crippen molar-refractivity contribution in [3.8, 4) is 0 Å². The third kappa shape index (κ3) is 5.59. The lowest BCUT2D eigenvalue weighted by atomic mass is 9.88. The van der Waals surface area contributed by atoms with Crippen LogP contribution in [-0.2, 0) is 23.8 Å². The molecule has 2 amide bonds. The minimum Gasteiger partial charge on any atom is -0.441 e. The van der Waals surface area contributed by atoms with E-state index >= 15 is 0 Å². The highest BCUT2D eigenvalue weighted by Crippen LogP contribution is 2.38. The van der Waals surface area contributed by atoms with Gasteiger partial charge in [-0.25, -0.2) is 9.69 Å². The number of amides is 2. The van der Waals surface area contributed by atoms with Gasteiger partial charge in [-0.2, -0.15) is 0 Å². The summed E-state index contributed by atoms with van der Waals surface area (Å²) < 4.78 is 16.6. The van der Waals surface area contributed by atoms with Crippen molar-refractivity contribution in [1.29, 1.82) is 0 Å². The van der Waals surface area contributed by atoms with Crippen LogP contribution in [0.3, 0.4) is 0 Å². The zero-order valence-electron chi connectivity index (χ0n) is 19.3. The van der Waals surface area contributed by atoms with Gasteiger partial charge >= 0.3 is 6.09 Å². The Balaban J connectivity index is 2.24. The number of cyclic esters (lactones) is 1. The highest BCUT2D eigenvalue weighted by atomic mass is 79.9. The number of unbranched alkanes of at least 4 members (excludes halogenated alkanes) is 3. The van der Waals surface area contributed by atoms with Crippen LogP contribution in [0.2, 0.25) is 0 Å². The molecule has 0 aliphatic carbocycles. The standard InChI is InChI=1S/C22H34BrNO8/c1-13(2)18-21(3,4)32-20(28)24(18)19(27)17(30-5)16-14(26)12-15(23)22(29,31-16)10-8-6-7-9-11-25/h12-13,16-18,25,29H,6-11H2,1-5H3/t16-,17+,18+,22-/m0/s1. The molecule has 2 heterocycles. The first-order valence-corrected chi connectivity index (χ1v) is 11.7. The molecule has 9 nitrogen and oxygen atoms in total. The van der Waals surface area contributed by atoms with Gasteiger partial charge in [0.1, 0.15) is 5.60 Å². The molecule has 0 aromatic heterocycles. The molecule has 0 spiro atoms. The van der Waals surface area contributed by atoms with E-state index in [0.717, 1.165) is 17.7 Å². The summed E-state index contributed by atoms with van der Waals surface area (Å²) in [6.07, 6.45) is 0.472. The Morgan fingerprint density at radius 1 is 1.25 bits per heavy atom. The molecule has 1 saturated heterocycles. The third-order valence-corrected chi connectivity index (χ3v) is 6.70. The number of nitrogens with zero attached hydrogens (tertiary/aromatic N) is 1. The highest BCUT2D eigenvalue weighted by molar-refractivity contribution is 9.11. The number of imide groups is 1. The first-order chi connectivity index (χ1) is 14.9. The van der Waals surface area contributed by atoms with E-state index < -0.39 is 47.4 Å². The zero-order valence-corrected chi connectivity index (χ0v) is 20.9. The van der Waals surface area contributed by atoms with Crippen LogP contribution in [0.5, 0.6) is 0 Å². The lowest BCUT2D eigenvalue weighted by molar-refractivity contribution is -0.227. The van der Waals surface area contributed by atoms with Gasteiger partial charge in [0, 0.05) is 20.1 Å². The second kappa shape index (κ2) is 10.7. The maximum absolute atomic E-state index is 13.4. The van der Waals surface area contributed by atoms with Crippen molar-refractivity contribution in [3.63, 3.8) is 0 Å². The normalized spacial score (nSPS) is 28.7. The largest absolute Gasteiger partial charge is 0.441 e. The summed E-state index contributed by atoms with van der Waals surface area (Å²) >= 11 is 3.20. The van der Waals surface area contributed by atoms with E-state index in [0.29, 0.717) is 12.8 Å². The number of aliphatic hydroxyl groups is 2. The summed E-state index contributed by atoms with van der Waals surface area (Å²) in [6.45, 7) is 7.29. The second-order valence-electron chi connectivity index (χ2n) is 9.13. The van der Waals surface area contributed by atoms with Gasteiger partial charge in [0.05, 0.1) is 10.5 Å². The summed E-state index contributed by atoms with van der Waals surface area (Å²) in [5, 5.41) is 19.9. The molecule has 2 aliphatic heterocycles. The molecular weight excluding hydrogens is 486 g/mol. The number of carbonyl (C=O) groups is 3. The number of hydrogen-bond donors (Lipinski definition) is 2. The Morgan fingerprint density at radius 3 is 2.44 bits per heavy atom. The monoisotopic (exact) mass is 519 g/mol. The number of carbonyl (C=O) groups excluding carboxylic acids is 3. The van der Waals surface area contributed by atoms with Crippen LogP contribution in [-0.4, -0.2) is 76.3 Å². The maximum Gasteiger partial charge on any atom is 0.417 e. The van der Waals surface area contributed by atoms with Gasteiger partial charge in [-0.3, -0.25) is 9.59 Å². The van der Waals surface area contributed by atoms with Crippen LogP contribution in [0.25, 0.3) is 0 Å². The number of aliphatic hydroxyl groups excluding tert-OH is 1. The molecule has 0 radical (unpaired) electrons. The molecule has 0 aromatic carbocycles. The Kier molecular flexibility index (Phi) is 9.03. The molecule has 0 bridgehead atoms.